The number of halogens is 1. The Bertz CT molecular complexity index is 951. The first-order valence-corrected chi connectivity index (χ1v) is 13.6. The zero-order valence-corrected chi connectivity index (χ0v) is 21.9. The van der Waals surface area contributed by atoms with Gasteiger partial charge in [0, 0.05) is 38.8 Å². The largest absolute Gasteiger partial charge is 0.362 e. The van der Waals surface area contributed by atoms with Gasteiger partial charge in [-0.15, -0.1) is 0 Å². The predicted molar refractivity (Wildman–Crippen MR) is 147 cm³/mol. The summed E-state index contributed by atoms with van der Waals surface area (Å²) in [5, 5.41) is 7.05. The molecule has 2 aliphatic heterocycles. The Kier molecular flexibility index (Phi) is 9.12. The molecule has 0 bridgehead atoms. The maximum atomic E-state index is 13.1. The number of hydrogen-bond acceptors (Lipinski definition) is 5. The molecule has 3 heterocycles. The van der Waals surface area contributed by atoms with Crippen molar-refractivity contribution in [2.75, 3.05) is 47.8 Å². The molecule has 0 saturated carbocycles. The third kappa shape index (κ3) is 7.75. The molecule has 1 aromatic heterocycles. The first-order chi connectivity index (χ1) is 17.0. The number of aromatic nitrogens is 2. The van der Waals surface area contributed by atoms with Crippen molar-refractivity contribution in [3.63, 3.8) is 0 Å². The topological polar surface area (TPSA) is 56.3 Å². The highest BCUT2D eigenvalue weighted by molar-refractivity contribution is 7.80. The van der Waals surface area contributed by atoms with Gasteiger partial charge in [0.2, 0.25) is 5.95 Å². The summed E-state index contributed by atoms with van der Waals surface area (Å²) in [4.78, 5) is 14.6. The van der Waals surface area contributed by atoms with E-state index in [-0.39, 0.29) is 5.82 Å². The third-order valence-corrected chi connectivity index (χ3v) is 7.13. The molecule has 0 radical (unpaired) electrons. The number of anilines is 3. The minimum absolute atomic E-state index is 0.201. The number of benzene rings is 1. The number of rotatable bonds is 7. The molecule has 2 atom stereocenters. The number of nitrogens with zero attached hydrogens (tertiary/aromatic N) is 4. The molecule has 0 spiro atoms. The highest BCUT2D eigenvalue weighted by Gasteiger charge is 2.24. The van der Waals surface area contributed by atoms with Crippen LogP contribution in [-0.2, 0) is 6.42 Å². The molecule has 2 aromatic rings. The maximum Gasteiger partial charge on any atom is 0.232 e. The van der Waals surface area contributed by atoms with Gasteiger partial charge in [0.25, 0.3) is 0 Å². The lowest BCUT2D eigenvalue weighted by Crippen LogP contribution is -2.39. The highest BCUT2D eigenvalue weighted by Crippen LogP contribution is 2.29. The number of hydrogen-bond donors (Lipinski definition) is 2. The van der Waals surface area contributed by atoms with Gasteiger partial charge < -0.3 is 20.4 Å². The Hall–Kier alpha value is -2.48. The van der Waals surface area contributed by atoms with Crippen molar-refractivity contribution in [1.82, 2.24) is 15.3 Å². The van der Waals surface area contributed by atoms with E-state index in [1.165, 1.54) is 44.2 Å². The molecule has 8 heteroatoms. The van der Waals surface area contributed by atoms with E-state index in [1.807, 2.05) is 12.1 Å². The Labute approximate surface area is 214 Å². The first-order valence-electron chi connectivity index (χ1n) is 13.1. The molecule has 2 N–H and O–H groups in total. The van der Waals surface area contributed by atoms with Crippen LogP contribution in [-0.4, -0.2) is 47.8 Å². The van der Waals surface area contributed by atoms with Crippen LogP contribution in [0.3, 0.4) is 0 Å². The molecule has 2 aliphatic rings. The van der Waals surface area contributed by atoms with E-state index in [4.69, 9.17) is 22.2 Å². The average Bonchev–Trinajstić information content (AvgIpc) is 3.12. The summed E-state index contributed by atoms with van der Waals surface area (Å²) in [6.45, 7) is 9.48. The highest BCUT2D eigenvalue weighted by atomic mass is 32.1. The third-order valence-electron chi connectivity index (χ3n) is 6.89. The van der Waals surface area contributed by atoms with Crippen LogP contribution in [0.2, 0.25) is 0 Å². The normalized spacial score (nSPS) is 20.9. The van der Waals surface area contributed by atoms with Gasteiger partial charge in [0.15, 0.2) is 5.11 Å². The number of piperidine rings is 1. The van der Waals surface area contributed by atoms with Gasteiger partial charge >= 0.3 is 0 Å². The summed E-state index contributed by atoms with van der Waals surface area (Å²) in [7, 11) is 0. The van der Waals surface area contributed by atoms with Gasteiger partial charge in [0.05, 0.1) is 0 Å². The number of aryl methyl sites for hydroxylation is 1. The van der Waals surface area contributed by atoms with Gasteiger partial charge in [-0.25, -0.2) is 4.39 Å². The molecule has 190 valence electrons. The average molecular weight is 499 g/mol. The second kappa shape index (κ2) is 12.5. The van der Waals surface area contributed by atoms with E-state index in [9.17, 15) is 4.39 Å². The van der Waals surface area contributed by atoms with Crippen molar-refractivity contribution in [1.29, 1.82) is 0 Å². The molecule has 0 amide bonds. The Morgan fingerprint density at radius 1 is 0.971 bits per heavy atom. The molecule has 0 aliphatic carbocycles. The zero-order valence-electron chi connectivity index (χ0n) is 21.1. The summed E-state index contributed by atoms with van der Waals surface area (Å²) < 4.78 is 13.1. The van der Waals surface area contributed by atoms with Crippen molar-refractivity contribution >= 4 is 34.9 Å². The van der Waals surface area contributed by atoms with Crippen molar-refractivity contribution in [3.8, 4) is 0 Å². The van der Waals surface area contributed by atoms with E-state index in [0.29, 0.717) is 22.9 Å². The van der Waals surface area contributed by atoms with Crippen molar-refractivity contribution in [3.05, 3.63) is 41.7 Å². The summed E-state index contributed by atoms with van der Waals surface area (Å²) in [5.74, 6) is 3.63. The van der Waals surface area contributed by atoms with E-state index < -0.39 is 0 Å². The standard InChI is InChI=1S/C27H39FN6S/c1-20-16-21(2)19-34(18-20)25-17-24(33-14-5-3-4-6-15-33)30-26(31-25)32-27(35)29-13-7-8-22-9-11-23(28)12-10-22/h9-12,17,20-21H,3-8,13-16,18-19H2,1-2H3,(H2,29,30,31,32,35)/t20-,21-/m1/s1. The smallest absolute Gasteiger partial charge is 0.232 e. The summed E-state index contributed by atoms with van der Waals surface area (Å²) in [6.07, 6.45) is 8.00. The molecule has 35 heavy (non-hydrogen) atoms. The second-order valence-electron chi connectivity index (χ2n) is 10.3. The van der Waals surface area contributed by atoms with Gasteiger partial charge in [-0.3, -0.25) is 0 Å². The molecule has 2 saturated heterocycles. The summed E-state index contributed by atoms with van der Waals surface area (Å²) in [5.41, 5.74) is 1.12. The Morgan fingerprint density at radius 3 is 2.26 bits per heavy atom. The summed E-state index contributed by atoms with van der Waals surface area (Å²) in [6, 6.07) is 8.84. The van der Waals surface area contributed by atoms with Crippen LogP contribution >= 0.6 is 12.2 Å². The minimum Gasteiger partial charge on any atom is -0.362 e. The lowest BCUT2D eigenvalue weighted by atomic mass is 9.92. The van der Waals surface area contributed by atoms with Crippen molar-refractivity contribution < 1.29 is 4.39 Å². The van der Waals surface area contributed by atoms with Crippen LogP contribution in [0.4, 0.5) is 22.0 Å². The molecule has 2 fully saturated rings. The SMILES string of the molecule is C[C@@H]1C[C@@H](C)CN(c2cc(N3CCCCCC3)nc(NC(=S)NCCCc3ccc(F)cc3)n2)C1. The second-order valence-corrected chi connectivity index (χ2v) is 10.7. The van der Waals surface area contributed by atoms with Gasteiger partial charge in [-0.05, 0) is 73.9 Å². The van der Waals surface area contributed by atoms with Crippen molar-refractivity contribution in [2.45, 2.75) is 58.8 Å². The molecule has 6 nitrogen and oxygen atoms in total. The van der Waals surface area contributed by atoms with Gasteiger partial charge in [-0.1, -0.05) is 38.8 Å². The van der Waals surface area contributed by atoms with E-state index >= 15 is 0 Å². The number of thiocarbonyl (C=S) groups is 1. The molecule has 4 rings (SSSR count). The van der Waals surface area contributed by atoms with E-state index in [0.717, 1.165) is 62.8 Å². The number of nitrogens with one attached hydrogen (secondary N) is 2. The predicted octanol–water partition coefficient (Wildman–Crippen LogP) is 5.40. The van der Waals surface area contributed by atoms with Crippen LogP contribution in [0.15, 0.2) is 30.3 Å². The first kappa shape index (κ1) is 25.6. The van der Waals surface area contributed by atoms with Crippen molar-refractivity contribution in [2.24, 2.45) is 11.8 Å². The quantitative estimate of drug-likeness (QED) is 0.392. The van der Waals surface area contributed by atoms with Crippen LogP contribution in [0.1, 0.15) is 57.9 Å². The lowest BCUT2D eigenvalue weighted by molar-refractivity contribution is 0.355. The van der Waals surface area contributed by atoms with Crippen LogP contribution in [0, 0.1) is 17.7 Å². The van der Waals surface area contributed by atoms with E-state index in [2.05, 4.69) is 40.3 Å². The fourth-order valence-corrected chi connectivity index (χ4v) is 5.44. The van der Waals surface area contributed by atoms with Gasteiger partial charge in [-0.2, -0.15) is 9.97 Å². The molecular formula is C27H39FN6S. The monoisotopic (exact) mass is 498 g/mol. The Balaban J connectivity index is 1.41. The maximum absolute atomic E-state index is 13.1. The van der Waals surface area contributed by atoms with Crippen LogP contribution < -0.4 is 20.4 Å². The molecule has 0 unspecified atom stereocenters. The lowest BCUT2D eigenvalue weighted by Gasteiger charge is -2.36. The Morgan fingerprint density at radius 2 is 1.60 bits per heavy atom. The fourth-order valence-electron chi connectivity index (χ4n) is 5.24. The fraction of sp³-hybridized carbons (Fsp3) is 0.593. The van der Waals surface area contributed by atoms with E-state index in [1.54, 1.807) is 0 Å². The zero-order chi connectivity index (χ0) is 24.6. The van der Waals surface area contributed by atoms with Crippen LogP contribution in [0.5, 0.6) is 0 Å². The summed E-state index contributed by atoms with van der Waals surface area (Å²) >= 11 is 5.56. The molecular weight excluding hydrogens is 459 g/mol. The van der Waals surface area contributed by atoms with Gasteiger partial charge in [0.1, 0.15) is 17.5 Å². The van der Waals surface area contributed by atoms with Crippen LogP contribution in [0.25, 0.3) is 0 Å². The minimum atomic E-state index is -0.201. The molecule has 1 aromatic carbocycles.